The van der Waals surface area contributed by atoms with E-state index in [0.29, 0.717) is 25.9 Å². The molecule has 0 saturated carbocycles. The van der Waals surface area contributed by atoms with Gasteiger partial charge in [-0.15, -0.1) is 11.8 Å². The molecule has 0 aromatic rings. The minimum Gasteiger partial charge on any atom is -0.466 e. The molecule has 0 saturated heterocycles. The first-order chi connectivity index (χ1) is 6.81. The molecule has 0 fully saturated rings. The van der Waals surface area contributed by atoms with Crippen LogP contribution < -0.4 is 0 Å². The molecule has 0 aromatic carbocycles. The fourth-order valence-electron chi connectivity index (χ4n) is 0.871. The van der Waals surface area contributed by atoms with Gasteiger partial charge in [-0.3, -0.25) is 4.79 Å². The van der Waals surface area contributed by atoms with Crippen molar-refractivity contribution < 1.29 is 14.3 Å². The lowest BCUT2D eigenvalue weighted by Crippen LogP contribution is -2.05. The average molecular weight is 196 g/mol. The normalized spacial score (nSPS) is 8.64. The minimum atomic E-state index is -0.200. The van der Waals surface area contributed by atoms with E-state index in [4.69, 9.17) is 4.74 Å². The van der Waals surface area contributed by atoms with Gasteiger partial charge in [-0.1, -0.05) is 0 Å². The van der Waals surface area contributed by atoms with Crippen LogP contribution in [0.15, 0.2) is 0 Å². The highest BCUT2D eigenvalue weighted by molar-refractivity contribution is 5.69. The summed E-state index contributed by atoms with van der Waals surface area (Å²) in [6, 6.07) is 0. The number of hydrogen-bond acceptors (Lipinski definition) is 3. The van der Waals surface area contributed by atoms with Crippen LogP contribution in [0.5, 0.6) is 0 Å². The summed E-state index contributed by atoms with van der Waals surface area (Å²) in [6.45, 7) is 2.12. The minimum absolute atomic E-state index is 0.200. The maximum Gasteiger partial charge on any atom is 0.305 e. The fourth-order valence-corrected chi connectivity index (χ4v) is 0.871. The van der Waals surface area contributed by atoms with Crippen molar-refractivity contribution in [2.45, 2.75) is 39.0 Å². The zero-order valence-electron chi connectivity index (χ0n) is 8.54. The monoisotopic (exact) mass is 196 g/mol. The van der Waals surface area contributed by atoms with Crippen molar-refractivity contribution in [3.63, 3.8) is 0 Å². The predicted octanol–water partition coefficient (Wildman–Crippen LogP) is 1.70. The van der Waals surface area contributed by atoms with E-state index in [1.807, 2.05) is 0 Å². The Bertz CT molecular complexity index is 222. The van der Waals surface area contributed by atoms with E-state index in [9.17, 15) is 9.59 Å². The van der Waals surface area contributed by atoms with Crippen LogP contribution in [0, 0.1) is 11.8 Å². The fraction of sp³-hybridized carbons (Fsp3) is 0.636. The summed E-state index contributed by atoms with van der Waals surface area (Å²) in [6.07, 6.45) is 3.78. The van der Waals surface area contributed by atoms with Crippen molar-refractivity contribution >= 4 is 12.3 Å². The second-order valence-corrected chi connectivity index (χ2v) is 2.81. The van der Waals surface area contributed by atoms with Crippen LogP contribution in [0.4, 0.5) is 0 Å². The number of ether oxygens (including phenoxy) is 1. The van der Waals surface area contributed by atoms with E-state index in [1.54, 1.807) is 6.92 Å². The number of hydrogen-bond donors (Lipinski definition) is 0. The van der Waals surface area contributed by atoms with Gasteiger partial charge < -0.3 is 9.53 Å². The van der Waals surface area contributed by atoms with Crippen molar-refractivity contribution in [1.82, 2.24) is 0 Å². The summed E-state index contributed by atoms with van der Waals surface area (Å²) >= 11 is 0. The molecule has 0 aliphatic carbocycles. The lowest BCUT2D eigenvalue weighted by atomic mass is 10.2. The summed E-state index contributed by atoms with van der Waals surface area (Å²) in [5.41, 5.74) is 0. The van der Waals surface area contributed by atoms with Crippen molar-refractivity contribution in [2.24, 2.45) is 0 Å². The third-order valence-corrected chi connectivity index (χ3v) is 1.59. The maximum atomic E-state index is 11.0. The molecule has 78 valence electrons. The molecule has 0 N–H and O–H groups in total. The van der Waals surface area contributed by atoms with Crippen molar-refractivity contribution in [3.8, 4) is 11.8 Å². The smallest absolute Gasteiger partial charge is 0.305 e. The Balaban J connectivity index is 3.26. The molecule has 0 aliphatic rings. The van der Waals surface area contributed by atoms with Crippen LogP contribution >= 0.6 is 0 Å². The molecular weight excluding hydrogens is 180 g/mol. The Morgan fingerprint density at radius 3 is 2.86 bits per heavy atom. The number of esters is 1. The zero-order valence-corrected chi connectivity index (χ0v) is 8.54. The summed E-state index contributed by atoms with van der Waals surface area (Å²) < 4.78 is 4.88. The topological polar surface area (TPSA) is 43.4 Å². The Morgan fingerprint density at radius 2 is 2.21 bits per heavy atom. The van der Waals surface area contributed by atoms with Crippen LogP contribution in [-0.2, 0) is 14.3 Å². The molecule has 0 aromatic heterocycles. The maximum absolute atomic E-state index is 11.0. The number of carbonyl (C=O) groups is 2. The number of rotatable bonds is 7. The molecule has 0 radical (unpaired) electrons. The van der Waals surface area contributed by atoms with Gasteiger partial charge in [0.15, 0.2) is 0 Å². The largest absolute Gasteiger partial charge is 0.466 e. The summed E-state index contributed by atoms with van der Waals surface area (Å²) in [4.78, 5) is 20.9. The summed E-state index contributed by atoms with van der Waals surface area (Å²) in [5.74, 6) is 5.44. The summed E-state index contributed by atoms with van der Waals surface area (Å²) in [5, 5.41) is 0. The van der Waals surface area contributed by atoms with Gasteiger partial charge in [0.2, 0.25) is 0 Å². The van der Waals surface area contributed by atoms with Gasteiger partial charge in [0.05, 0.1) is 6.61 Å². The van der Waals surface area contributed by atoms with Gasteiger partial charge >= 0.3 is 5.97 Å². The lowest BCUT2D eigenvalue weighted by molar-refractivity contribution is -0.144. The molecule has 0 rings (SSSR count). The van der Waals surface area contributed by atoms with Crippen LogP contribution in [0.1, 0.15) is 39.0 Å². The molecule has 0 amide bonds. The molecule has 3 heteroatoms. The van der Waals surface area contributed by atoms with Gasteiger partial charge in [-0.2, -0.15) is 0 Å². The highest BCUT2D eigenvalue weighted by atomic mass is 16.5. The first-order valence-corrected chi connectivity index (χ1v) is 4.80. The average Bonchev–Trinajstić information content (AvgIpc) is 2.19. The zero-order chi connectivity index (χ0) is 10.6. The van der Waals surface area contributed by atoms with E-state index in [1.165, 1.54) is 0 Å². The van der Waals surface area contributed by atoms with E-state index >= 15 is 0 Å². The van der Waals surface area contributed by atoms with Gasteiger partial charge in [-0.05, 0) is 19.8 Å². The van der Waals surface area contributed by atoms with Gasteiger partial charge in [0.25, 0.3) is 0 Å². The standard InChI is InChI=1S/C11H16O3/c1-2-3-4-5-8-11(13)14-10-7-6-9-12/h9H,4-8,10H2,1H3. The third-order valence-electron chi connectivity index (χ3n) is 1.59. The van der Waals surface area contributed by atoms with E-state index in [2.05, 4.69) is 11.8 Å². The van der Waals surface area contributed by atoms with Crippen molar-refractivity contribution in [3.05, 3.63) is 0 Å². The first-order valence-electron chi connectivity index (χ1n) is 4.80. The van der Waals surface area contributed by atoms with Gasteiger partial charge in [0.1, 0.15) is 6.29 Å². The van der Waals surface area contributed by atoms with E-state index in [-0.39, 0.29) is 5.97 Å². The van der Waals surface area contributed by atoms with Gasteiger partial charge in [-0.25, -0.2) is 0 Å². The lowest BCUT2D eigenvalue weighted by Gasteiger charge is -2.01. The number of aldehydes is 1. The van der Waals surface area contributed by atoms with Gasteiger partial charge in [0, 0.05) is 19.3 Å². The van der Waals surface area contributed by atoms with Crippen molar-refractivity contribution in [1.29, 1.82) is 0 Å². The molecule has 0 atom stereocenters. The Morgan fingerprint density at radius 1 is 1.43 bits per heavy atom. The summed E-state index contributed by atoms with van der Waals surface area (Å²) in [7, 11) is 0. The number of unbranched alkanes of at least 4 members (excludes halogenated alkanes) is 2. The first kappa shape index (κ1) is 12.7. The Labute approximate surface area is 84.8 Å². The van der Waals surface area contributed by atoms with Crippen LogP contribution in [0.2, 0.25) is 0 Å². The SMILES string of the molecule is CC#CCCCC(=O)OCCCC=O. The molecule has 0 bridgehead atoms. The van der Waals surface area contributed by atoms with Crippen LogP contribution in [0.3, 0.4) is 0 Å². The molecular formula is C11H16O3. The molecule has 3 nitrogen and oxygen atoms in total. The quantitative estimate of drug-likeness (QED) is 0.269. The number of carbonyl (C=O) groups excluding carboxylic acids is 2. The molecule has 0 unspecified atom stereocenters. The molecule has 0 heterocycles. The van der Waals surface area contributed by atoms with E-state index < -0.39 is 0 Å². The van der Waals surface area contributed by atoms with Crippen LogP contribution in [-0.4, -0.2) is 18.9 Å². The Hall–Kier alpha value is -1.30. The molecule has 0 aliphatic heterocycles. The highest BCUT2D eigenvalue weighted by Gasteiger charge is 2.00. The predicted molar refractivity (Wildman–Crippen MR) is 53.6 cm³/mol. The van der Waals surface area contributed by atoms with E-state index in [0.717, 1.165) is 19.1 Å². The second kappa shape index (κ2) is 9.79. The second-order valence-electron chi connectivity index (χ2n) is 2.81. The Kier molecular flexibility index (Phi) is 8.88. The molecule has 14 heavy (non-hydrogen) atoms. The highest BCUT2D eigenvalue weighted by Crippen LogP contribution is 1.97. The van der Waals surface area contributed by atoms with Crippen LogP contribution in [0.25, 0.3) is 0 Å². The van der Waals surface area contributed by atoms with Crippen molar-refractivity contribution in [2.75, 3.05) is 6.61 Å². The molecule has 0 spiro atoms. The third kappa shape index (κ3) is 8.79.